The van der Waals surface area contributed by atoms with Crippen molar-refractivity contribution in [2.45, 2.75) is 0 Å². The van der Waals surface area contributed by atoms with E-state index in [-0.39, 0.29) is 19.0 Å². The Labute approximate surface area is 154 Å². The van der Waals surface area contributed by atoms with Crippen LogP contribution in [0, 0.1) is 0 Å². The SMILES string of the molecule is COc1cccc(/C=C/C(=O)N2CCN(S(=O)(=O)N(C)C)CC2)c1OC. The summed E-state index contributed by atoms with van der Waals surface area (Å²) in [5.41, 5.74) is 0.731. The van der Waals surface area contributed by atoms with Gasteiger partial charge in [0.25, 0.3) is 10.2 Å². The molecule has 1 fully saturated rings. The second-order valence-electron chi connectivity index (χ2n) is 5.93. The van der Waals surface area contributed by atoms with Gasteiger partial charge in [-0.3, -0.25) is 4.79 Å². The quantitative estimate of drug-likeness (QED) is 0.675. The van der Waals surface area contributed by atoms with Crippen molar-refractivity contribution in [2.24, 2.45) is 0 Å². The van der Waals surface area contributed by atoms with E-state index < -0.39 is 10.2 Å². The molecule has 0 bridgehead atoms. The molecule has 144 valence electrons. The topological polar surface area (TPSA) is 79.4 Å². The van der Waals surface area contributed by atoms with Gasteiger partial charge in [0, 0.05) is 51.9 Å². The fraction of sp³-hybridized carbons (Fsp3) is 0.471. The Hall–Kier alpha value is -2.10. The molecule has 1 heterocycles. The van der Waals surface area contributed by atoms with Gasteiger partial charge in [0.1, 0.15) is 0 Å². The third kappa shape index (κ3) is 4.35. The van der Waals surface area contributed by atoms with Crippen molar-refractivity contribution in [3.05, 3.63) is 29.8 Å². The maximum absolute atomic E-state index is 12.4. The molecule has 1 aromatic rings. The van der Waals surface area contributed by atoms with E-state index in [1.807, 2.05) is 12.1 Å². The minimum absolute atomic E-state index is 0.170. The van der Waals surface area contributed by atoms with Crippen molar-refractivity contribution in [3.8, 4) is 11.5 Å². The minimum atomic E-state index is -3.44. The number of benzene rings is 1. The van der Waals surface area contributed by atoms with Gasteiger partial charge < -0.3 is 14.4 Å². The molecular formula is C17H25N3O5S. The zero-order chi connectivity index (χ0) is 19.3. The van der Waals surface area contributed by atoms with Crippen LogP contribution >= 0.6 is 0 Å². The number of amides is 1. The summed E-state index contributed by atoms with van der Waals surface area (Å²) in [4.78, 5) is 14.0. The highest BCUT2D eigenvalue weighted by Crippen LogP contribution is 2.31. The molecule has 1 aliphatic rings. The number of methoxy groups -OCH3 is 2. The molecule has 0 unspecified atom stereocenters. The summed E-state index contributed by atoms with van der Waals surface area (Å²) in [6, 6.07) is 5.42. The third-order valence-corrected chi connectivity index (χ3v) is 6.12. The first-order valence-corrected chi connectivity index (χ1v) is 9.56. The van der Waals surface area contributed by atoms with Crippen molar-refractivity contribution in [3.63, 3.8) is 0 Å². The van der Waals surface area contributed by atoms with Crippen LogP contribution in [0.4, 0.5) is 0 Å². The summed E-state index contributed by atoms with van der Waals surface area (Å²) >= 11 is 0. The molecule has 0 N–H and O–H groups in total. The molecule has 1 aliphatic heterocycles. The Morgan fingerprint density at radius 2 is 1.77 bits per heavy atom. The number of carbonyl (C=O) groups is 1. The molecule has 0 aromatic heterocycles. The Kier molecular flexibility index (Phi) is 6.63. The third-order valence-electron chi connectivity index (χ3n) is 4.18. The monoisotopic (exact) mass is 383 g/mol. The van der Waals surface area contributed by atoms with Crippen LogP contribution in [0.25, 0.3) is 6.08 Å². The summed E-state index contributed by atoms with van der Waals surface area (Å²) < 4.78 is 37.4. The molecule has 0 saturated carbocycles. The molecule has 1 amide bonds. The number of nitrogens with zero attached hydrogens (tertiary/aromatic N) is 3. The lowest BCUT2D eigenvalue weighted by Crippen LogP contribution is -2.52. The average Bonchev–Trinajstić information content (AvgIpc) is 2.65. The number of piperazine rings is 1. The van der Waals surface area contributed by atoms with Gasteiger partial charge in [0.15, 0.2) is 11.5 Å². The molecule has 0 atom stereocenters. The Morgan fingerprint density at radius 3 is 2.31 bits per heavy atom. The van der Waals surface area contributed by atoms with Crippen LogP contribution in [0.3, 0.4) is 0 Å². The highest BCUT2D eigenvalue weighted by molar-refractivity contribution is 7.86. The van der Waals surface area contributed by atoms with Crippen LogP contribution in [0.1, 0.15) is 5.56 Å². The molecule has 8 nitrogen and oxygen atoms in total. The molecule has 1 saturated heterocycles. The predicted molar refractivity (Wildman–Crippen MR) is 99.3 cm³/mol. The number of ether oxygens (including phenoxy) is 2. The van der Waals surface area contributed by atoms with Crippen molar-refractivity contribution in [1.29, 1.82) is 0 Å². The van der Waals surface area contributed by atoms with E-state index in [0.717, 1.165) is 5.56 Å². The maximum Gasteiger partial charge on any atom is 0.281 e. The lowest BCUT2D eigenvalue weighted by molar-refractivity contribution is -0.127. The highest BCUT2D eigenvalue weighted by Gasteiger charge is 2.29. The normalized spacial score (nSPS) is 16.3. The van der Waals surface area contributed by atoms with Gasteiger partial charge in [0.05, 0.1) is 14.2 Å². The second-order valence-corrected chi connectivity index (χ2v) is 8.07. The largest absolute Gasteiger partial charge is 0.493 e. The van der Waals surface area contributed by atoms with Crippen molar-refractivity contribution >= 4 is 22.2 Å². The average molecular weight is 383 g/mol. The van der Waals surface area contributed by atoms with Crippen LogP contribution < -0.4 is 9.47 Å². The van der Waals surface area contributed by atoms with Crippen LogP contribution in [0.2, 0.25) is 0 Å². The lowest BCUT2D eigenvalue weighted by Gasteiger charge is -2.34. The number of carbonyl (C=O) groups excluding carboxylic acids is 1. The molecule has 1 aromatic carbocycles. The first-order valence-electron chi connectivity index (χ1n) is 8.16. The van der Waals surface area contributed by atoms with Crippen LogP contribution in [0.15, 0.2) is 24.3 Å². The van der Waals surface area contributed by atoms with E-state index in [9.17, 15) is 13.2 Å². The summed E-state index contributed by atoms with van der Waals surface area (Å²) in [5, 5.41) is 0. The Bertz CT molecular complexity index is 769. The highest BCUT2D eigenvalue weighted by atomic mass is 32.2. The van der Waals surface area contributed by atoms with E-state index in [0.29, 0.717) is 24.6 Å². The van der Waals surface area contributed by atoms with Gasteiger partial charge in [-0.25, -0.2) is 0 Å². The van der Waals surface area contributed by atoms with Gasteiger partial charge in [-0.1, -0.05) is 12.1 Å². The maximum atomic E-state index is 12.4. The van der Waals surface area contributed by atoms with E-state index in [1.165, 1.54) is 28.8 Å². The van der Waals surface area contributed by atoms with Crippen molar-refractivity contribution in [2.75, 3.05) is 54.5 Å². The number of hydrogen-bond acceptors (Lipinski definition) is 5. The van der Waals surface area contributed by atoms with E-state index in [4.69, 9.17) is 9.47 Å². The molecule has 2 rings (SSSR count). The Balaban J connectivity index is 2.03. The fourth-order valence-corrected chi connectivity index (χ4v) is 3.77. The predicted octanol–water partition coefficient (Wildman–Crippen LogP) is 0.668. The van der Waals surface area contributed by atoms with E-state index in [1.54, 1.807) is 31.3 Å². The van der Waals surface area contributed by atoms with Gasteiger partial charge in [0.2, 0.25) is 5.91 Å². The Morgan fingerprint density at radius 1 is 1.12 bits per heavy atom. The first kappa shape index (κ1) is 20.2. The summed E-state index contributed by atoms with van der Waals surface area (Å²) in [5.74, 6) is 0.974. The summed E-state index contributed by atoms with van der Waals surface area (Å²) in [6.07, 6.45) is 3.14. The number of hydrogen-bond donors (Lipinski definition) is 0. The molecule has 0 spiro atoms. The van der Waals surface area contributed by atoms with Crippen molar-refractivity contribution < 1.29 is 22.7 Å². The summed E-state index contributed by atoms with van der Waals surface area (Å²) in [6.45, 7) is 1.27. The zero-order valence-corrected chi connectivity index (χ0v) is 16.3. The second kappa shape index (κ2) is 8.52. The molecule has 0 aliphatic carbocycles. The van der Waals surface area contributed by atoms with Crippen LogP contribution in [-0.4, -0.2) is 82.3 Å². The zero-order valence-electron chi connectivity index (χ0n) is 15.5. The fourth-order valence-electron chi connectivity index (χ4n) is 2.68. The first-order chi connectivity index (χ1) is 12.3. The van der Waals surface area contributed by atoms with Gasteiger partial charge in [-0.2, -0.15) is 17.0 Å². The number of rotatable bonds is 6. The van der Waals surface area contributed by atoms with Gasteiger partial charge >= 0.3 is 0 Å². The standard InChI is InChI=1S/C17H25N3O5S/c1-18(2)26(22,23)20-12-10-19(11-13-20)16(21)9-8-14-6-5-7-15(24-3)17(14)25-4/h5-9H,10-13H2,1-4H3/b9-8+. The molecule has 26 heavy (non-hydrogen) atoms. The number of para-hydroxylation sites is 1. The van der Waals surface area contributed by atoms with Crippen LogP contribution in [-0.2, 0) is 15.0 Å². The molecular weight excluding hydrogens is 358 g/mol. The lowest BCUT2D eigenvalue weighted by atomic mass is 10.1. The van der Waals surface area contributed by atoms with Gasteiger partial charge in [-0.05, 0) is 12.1 Å². The summed E-state index contributed by atoms with van der Waals surface area (Å²) in [7, 11) is 2.65. The van der Waals surface area contributed by atoms with Crippen molar-refractivity contribution in [1.82, 2.24) is 13.5 Å². The smallest absolute Gasteiger partial charge is 0.281 e. The van der Waals surface area contributed by atoms with Gasteiger partial charge in [-0.15, -0.1) is 0 Å². The molecule has 9 heteroatoms. The molecule has 0 radical (unpaired) electrons. The van der Waals surface area contributed by atoms with E-state index in [2.05, 4.69) is 0 Å². The van der Waals surface area contributed by atoms with Crippen LogP contribution in [0.5, 0.6) is 11.5 Å². The minimum Gasteiger partial charge on any atom is -0.493 e. The van der Waals surface area contributed by atoms with E-state index >= 15 is 0 Å².